The summed E-state index contributed by atoms with van der Waals surface area (Å²) in [4.78, 5) is 12.3. The molecule has 0 spiro atoms. The summed E-state index contributed by atoms with van der Waals surface area (Å²) in [5, 5.41) is 0. The molecule has 1 aliphatic rings. The third-order valence-corrected chi connectivity index (χ3v) is 1.24. The first-order valence-electron chi connectivity index (χ1n) is 3.41. The number of nitrogens with zero attached hydrogens (tertiary/aromatic N) is 1. The van der Waals surface area contributed by atoms with Crippen LogP contribution in [0.4, 0.5) is 0 Å². The highest BCUT2D eigenvalue weighted by molar-refractivity contribution is 5.32. The summed E-state index contributed by atoms with van der Waals surface area (Å²) in [5.74, 6) is 0. The Kier molecular flexibility index (Phi) is 4.81. The average Bonchev–Trinajstić information content (AvgIpc) is 2.49. The summed E-state index contributed by atoms with van der Waals surface area (Å²) in [6, 6.07) is 0. The zero-order valence-corrected chi connectivity index (χ0v) is 6.63. The number of rotatable bonds is 1. The van der Waals surface area contributed by atoms with E-state index in [-0.39, 0.29) is 0 Å². The molecule has 2 unspecified atom stereocenters. The number of isocyanates is 1. The fourth-order valence-electron chi connectivity index (χ4n) is 0.358. The standard InChI is InChI=1S/C4H8O.C3H5NO/c1-3-4(2)5-3;1-2-4-3-5/h3-4H,1-2H3;2H2,1H3. The summed E-state index contributed by atoms with van der Waals surface area (Å²) < 4.78 is 4.92. The van der Waals surface area contributed by atoms with Crippen LogP contribution in [0.25, 0.3) is 0 Å². The second-order valence-corrected chi connectivity index (χ2v) is 2.11. The van der Waals surface area contributed by atoms with Crippen molar-refractivity contribution in [3.05, 3.63) is 0 Å². The van der Waals surface area contributed by atoms with Crippen molar-refractivity contribution in [2.24, 2.45) is 4.99 Å². The van der Waals surface area contributed by atoms with E-state index in [1.54, 1.807) is 6.92 Å². The molecule has 1 saturated heterocycles. The van der Waals surface area contributed by atoms with Crippen molar-refractivity contribution in [2.75, 3.05) is 6.54 Å². The Morgan fingerprint density at radius 3 is 1.90 bits per heavy atom. The van der Waals surface area contributed by atoms with E-state index in [0.29, 0.717) is 18.8 Å². The first-order valence-corrected chi connectivity index (χ1v) is 3.41. The average molecular weight is 143 g/mol. The Hall–Kier alpha value is -0.660. The molecule has 2 atom stereocenters. The Morgan fingerprint density at radius 1 is 1.50 bits per heavy atom. The van der Waals surface area contributed by atoms with Crippen molar-refractivity contribution < 1.29 is 9.53 Å². The van der Waals surface area contributed by atoms with Crippen LogP contribution < -0.4 is 0 Å². The molecule has 0 amide bonds. The highest BCUT2D eigenvalue weighted by Crippen LogP contribution is 2.18. The van der Waals surface area contributed by atoms with Gasteiger partial charge in [0.15, 0.2) is 0 Å². The highest BCUT2D eigenvalue weighted by Gasteiger charge is 2.27. The lowest BCUT2D eigenvalue weighted by atomic mass is 10.4. The maximum Gasteiger partial charge on any atom is 0.234 e. The molecular formula is C7H13NO2. The Labute approximate surface area is 61.1 Å². The fourth-order valence-corrected chi connectivity index (χ4v) is 0.358. The zero-order chi connectivity index (χ0) is 7.98. The second kappa shape index (κ2) is 5.15. The van der Waals surface area contributed by atoms with Crippen molar-refractivity contribution in [2.45, 2.75) is 33.0 Å². The van der Waals surface area contributed by atoms with Crippen LogP contribution in [0.5, 0.6) is 0 Å². The van der Waals surface area contributed by atoms with E-state index in [4.69, 9.17) is 9.53 Å². The highest BCUT2D eigenvalue weighted by atomic mass is 16.6. The molecule has 0 bridgehead atoms. The summed E-state index contributed by atoms with van der Waals surface area (Å²) in [6.07, 6.45) is 2.49. The SMILES string of the molecule is CC1OC1C.CCN=C=O. The molecule has 1 rings (SSSR count). The molecule has 0 aromatic heterocycles. The summed E-state index contributed by atoms with van der Waals surface area (Å²) in [5.41, 5.74) is 0. The summed E-state index contributed by atoms with van der Waals surface area (Å²) >= 11 is 0. The normalized spacial score (nSPS) is 27.5. The monoisotopic (exact) mass is 143 g/mol. The molecule has 0 radical (unpaired) electrons. The number of ether oxygens (including phenoxy) is 1. The van der Waals surface area contributed by atoms with Gasteiger partial charge in [-0.05, 0) is 20.8 Å². The van der Waals surface area contributed by atoms with Gasteiger partial charge in [-0.15, -0.1) is 0 Å². The Bertz CT molecular complexity index is 124. The van der Waals surface area contributed by atoms with Gasteiger partial charge in [-0.3, -0.25) is 0 Å². The van der Waals surface area contributed by atoms with Crippen molar-refractivity contribution in [1.29, 1.82) is 0 Å². The van der Waals surface area contributed by atoms with Crippen LogP contribution in [0.15, 0.2) is 4.99 Å². The second-order valence-electron chi connectivity index (χ2n) is 2.11. The van der Waals surface area contributed by atoms with E-state index in [1.807, 2.05) is 0 Å². The predicted octanol–water partition coefficient (Wildman–Crippen LogP) is 1.14. The maximum absolute atomic E-state index is 9.11. The smallest absolute Gasteiger partial charge is 0.234 e. The topological polar surface area (TPSA) is 42.0 Å². The first kappa shape index (κ1) is 9.34. The molecule has 58 valence electrons. The third-order valence-electron chi connectivity index (χ3n) is 1.24. The fraction of sp³-hybridized carbons (Fsp3) is 0.857. The van der Waals surface area contributed by atoms with Gasteiger partial charge in [0.25, 0.3) is 0 Å². The molecule has 3 heteroatoms. The number of aliphatic imine (C=N–C) groups is 1. The number of epoxide rings is 1. The van der Waals surface area contributed by atoms with Gasteiger partial charge in [0, 0.05) is 6.54 Å². The van der Waals surface area contributed by atoms with Crippen molar-refractivity contribution in [1.82, 2.24) is 0 Å². The lowest BCUT2D eigenvalue weighted by Crippen LogP contribution is -1.74. The molecule has 0 saturated carbocycles. The number of hydrogen-bond acceptors (Lipinski definition) is 3. The minimum absolute atomic E-state index is 0.545. The van der Waals surface area contributed by atoms with Gasteiger partial charge in [-0.2, -0.15) is 0 Å². The van der Waals surface area contributed by atoms with Crippen molar-refractivity contribution in [3.8, 4) is 0 Å². The van der Waals surface area contributed by atoms with Crippen molar-refractivity contribution in [3.63, 3.8) is 0 Å². The quantitative estimate of drug-likeness (QED) is 0.314. The van der Waals surface area contributed by atoms with Crippen LogP contribution in [0.1, 0.15) is 20.8 Å². The first-order chi connectivity index (χ1) is 4.72. The Morgan fingerprint density at radius 2 is 1.90 bits per heavy atom. The summed E-state index contributed by atoms with van der Waals surface area (Å²) in [6.45, 7) is 6.48. The van der Waals surface area contributed by atoms with Crippen LogP contribution in [0.3, 0.4) is 0 Å². The van der Waals surface area contributed by atoms with Gasteiger partial charge >= 0.3 is 0 Å². The van der Waals surface area contributed by atoms with Crippen LogP contribution in [0, 0.1) is 0 Å². The largest absolute Gasteiger partial charge is 0.370 e. The minimum atomic E-state index is 0.545. The van der Waals surface area contributed by atoms with Gasteiger partial charge in [0.05, 0.1) is 12.2 Å². The summed E-state index contributed by atoms with van der Waals surface area (Å²) in [7, 11) is 0. The molecule has 3 nitrogen and oxygen atoms in total. The molecule has 0 aromatic carbocycles. The van der Waals surface area contributed by atoms with E-state index in [0.717, 1.165) is 0 Å². The molecule has 10 heavy (non-hydrogen) atoms. The van der Waals surface area contributed by atoms with Gasteiger partial charge in [-0.1, -0.05) is 0 Å². The molecule has 1 fully saturated rings. The van der Waals surface area contributed by atoms with E-state index in [1.165, 1.54) is 6.08 Å². The molecule has 1 aliphatic heterocycles. The molecule has 0 aliphatic carbocycles. The number of hydrogen-bond donors (Lipinski definition) is 0. The van der Waals surface area contributed by atoms with Gasteiger partial charge in [0.2, 0.25) is 6.08 Å². The molecule has 0 N–H and O–H groups in total. The lowest BCUT2D eigenvalue weighted by molar-refractivity contribution is 0.389. The minimum Gasteiger partial charge on any atom is -0.370 e. The third kappa shape index (κ3) is 5.48. The number of carbonyl (C=O) groups excluding carboxylic acids is 1. The predicted molar refractivity (Wildman–Crippen MR) is 38.7 cm³/mol. The van der Waals surface area contributed by atoms with Crippen LogP contribution in [0.2, 0.25) is 0 Å². The lowest BCUT2D eigenvalue weighted by Gasteiger charge is -1.58. The van der Waals surface area contributed by atoms with Gasteiger partial charge in [0.1, 0.15) is 0 Å². The van der Waals surface area contributed by atoms with Crippen LogP contribution >= 0.6 is 0 Å². The van der Waals surface area contributed by atoms with E-state index < -0.39 is 0 Å². The Balaban J connectivity index is 0.000000162. The van der Waals surface area contributed by atoms with Gasteiger partial charge < -0.3 is 4.74 Å². The van der Waals surface area contributed by atoms with Gasteiger partial charge in [-0.25, -0.2) is 9.79 Å². The molecule has 1 heterocycles. The van der Waals surface area contributed by atoms with E-state index in [9.17, 15) is 0 Å². The maximum atomic E-state index is 9.11. The van der Waals surface area contributed by atoms with Crippen molar-refractivity contribution >= 4 is 6.08 Å². The van der Waals surface area contributed by atoms with Crippen LogP contribution in [-0.2, 0) is 9.53 Å². The van der Waals surface area contributed by atoms with E-state index in [2.05, 4.69) is 18.8 Å². The van der Waals surface area contributed by atoms with E-state index >= 15 is 0 Å². The molecule has 0 aromatic rings. The molecular weight excluding hydrogens is 130 g/mol. The zero-order valence-electron chi connectivity index (χ0n) is 6.63. The van der Waals surface area contributed by atoms with Crippen LogP contribution in [-0.4, -0.2) is 24.8 Å².